The van der Waals surface area contributed by atoms with E-state index in [-0.39, 0.29) is 0 Å². The summed E-state index contributed by atoms with van der Waals surface area (Å²) in [6, 6.07) is 0. The van der Waals surface area contributed by atoms with Gasteiger partial charge in [0.05, 0.1) is 10.3 Å². The first-order chi connectivity index (χ1) is 7.24. The molecule has 0 N–H and O–H groups in total. The average molecular weight is 393 g/mol. The van der Waals surface area contributed by atoms with Gasteiger partial charge in [0, 0.05) is 0 Å². The molecule has 0 aromatic carbocycles. The van der Waals surface area contributed by atoms with Crippen molar-refractivity contribution in [2.24, 2.45) is 23.1 Å². The Labute approximate surface area is 121 Å². The van der Waals surface area contributed by atoms with Gasteiger partial charge >= 0.3 is 7.51 Å². The number of thiocarbonyl (C=S) groups is 2. The topological polar surface area (TPSA) is 61.8 Å². The summed E-state index contributed by atoms with van der Waals surface area (Å²) >= 11 is 32.3. The van der Waals surface area contributed by atoms with E-state index in [0.29, 0.717) is 0 Å². The van der Waals surface area contributed by atoms with Gasteiger partial charge in [0.15, 0.2) is 0 Å². The van der Waals surface area contributed by atoms with Gasteiger partial charge in [0.1, 0.15) is 0 Å². The highest BCUT2D eigenvalue weighted by atomic mass is 35.9. The second-order valence-electron chi connectivity index (χ2n) is 2.10. The highest BCUT2D eigenvalue weighted by Gasteiger charge is 2.33. The van der Waals surface area contributed by atoms with Gasteiger partial charge in [-0.05, 0) is 69.4 Å². The Bertz CT molecular complexity index is 543. The molecule has 0 amide bonds. The van der Waals surface area contributed by atoms with Crippen molar-refractivity contribution in [1.29, 1.82) is 0 Å². The van der Waals surface area contributed by atoms with E-state index in [2.05, 4.69) is 57.8 Å². The predicted octanol–water partition coefficient (Wildman–Crippen LogP) is 7.00. The maximum atomic E-state index is 5.84. The molecule has 0 aromatic heterocycles. The summed E-state index contributed by atoms with van der Waals surface area (Å²) in [6.45, 7) is 0. The Kier molecular flexibility index (Phi) is 5.44. The van der Waals surface area contributed by atoms with E-state index in [1.165, 1.54) is 0 Å². The number of rotatable bonds is 2. The number of isothiocyanates is 2. The third-order valence-corrected chi connectivity index (χ3v) is 12.4. The Morgan fingerprint density at radius 2 is 1.25 bits per heavy atom. The fraction of sp³-hybridized carbons (Fsp3) is 0. The summed E-state index contributed by atoms with van der Waals surface area (Å²) in [6.07, 6.45) is 0. The first-order valence-electron chi connectivity index (χ1n) is 3.13. The van der Waals surface area contributed by atoms with E-state index in [0.717, 1.165) is 0 Å². The summed E-state index contributed by atoms with van der Waals surface area (Å²) in [5.74, 6) is -6.13. The molecular formula is C2Cl4N5P3S2. The molecular weight excluding hydrogens is 393 g/mol. The Morgan fingerprint density at radius 3 is 1.62 bits per heavy atom. The van der Waals surface area contributed by atoms with Crippen LogP contribution in [-0.2, 0) is 0 Å². The van der Waals surface area contributed by atoms with Gasteiger partial charge in [0.2, 0.25) is 0 Å². The van der Waals surface area contributed by atoms with Gasteiger partial charge in [-0.25, -0.2) is 0 Å². The second-order valence-corrected chi connectivity index (χ2v) is 14.6. The SMILES string of the molecule is S=C=NP1(N=C=S)=NP(Cl)(Cl)=NP(Cl)(Cl)=N1. The molecule has 0 saturated heterocycles. The highest BCUT2D eigenvalue weighted by Crippen LogP contribution is 2.85. The smallest absolute Gasteiger partial charge is 0.185 e. The van der Waals surface area contributed by atoms with Gasteiger partial charge in [-0.1, -0.05) is 0 Å². The lowest BCUT2D eigenvalue weighted by atomic mass is 11.8. The lowest BCUT2D eigenvalue weighted by Gasteiger charge is -2.17. The highest BCUT2D eigenvalue weighted by molar-refractivity contribution is 8.21. The standard InChI is InChI=1S/C2Cl4N5P3S2/c3-12(4)9-13(5,6)11-14(10-12,7-1-15)8-2-16. The molecule has 88 valence electrons. The van der Waals surface area contributed by atoms with Crippen molar-refractivity contribution in [2.45, 2.75) is 0 Å². The summed E-state index contributed by atoms with van der Waals surface area (Å²) in [5, 5.41) is 4.18. The zero-order chi connectivity index (χ0) is 12.4. The average Bonchev–Trinajstić information content (AvgIpc) is 1.97. The molecule has 16 heavy (non-hydrogen) atoms. The third kappa shape index (κ3) is 4.28. The second kappa shape index (κ2) is 5.61. The van der Waals surface area contributed by atoms with Gasteiger partial charge < -0.3 is 0 Å². The van der Waals surface area contributed by atoms with Crippen LogP contribution in [0.4, 0.5) is 0 Å². The fourth-order valence-electron chi connectivity index (χ4n) is 0.684. The molecule has 0 bridgehead atoms. The first kappa shape index (κ1) is 15.5. The van der Waals surface area contributed by atoms with Crippen molar-refractivity contribution in [2.75, 3.05) is 0 Å². The van der Waals surface area contributed by atoms with Crippen LogP contribution in [0, 0.1) is 0 Å². The van der Waals surface area contributed by atoms with E-state index < -0.39 is 19.3 Å². The minimum absolute atomic E-state index is 2.09. The molecule has 0 unspecified atom stereocenters. The van der Waals surface area contributed by atoms with Crippen molar-refractivity contribution in [3.63, 3.8) is 0 Å². The van der Waals surface area contributed by atoms with Gasteiger partial charge in [-0.15, -0.1) is 9.53 Å². The van der Waals surface area contributed by atoms with Crippen LogP contribution in [0.5, 0.6) is 0 Å². The van der Waals surface area contributed by atoms with Crippen molar-refractivity contribution in [1.82, 2.24) is 0 Å². The minimum atomic E-state index is -3.09. The van der Waals surface area contributed by atoms with Crippen molar-refractivity contribution >= 4 is 99.0 Å². The van der Waals surface area contributed by atoms with Crippen molar-refractivity contribution in [3.05, 3.63) is 0 Å². The molecule has 0 aromatic rings. The Balaban J connectivity index is 3.74. The number of halogens is 4. The van der Waals surface area contributed by atoms with E-state index >= 15 is 0 Å². The Hall–Kier alpha value is 1.45. The van der Waals surface area contributed by atoms with Crippen LogP contribution in [0.25, 0.3) is 0 Å². The summed E-state index contributed by atoms with van der Waals surface area (Å²) in [5.41, 5.74) is 0. The molecule has 5 nitrogen and oxygen atoms in total. The molecule has 0 saturated carbocycles. The first-order valence-corrected chi connectivity index (χ1v) is 12.6. The normalized spacial score (nSPS) is 29.5. The summed E-state index contributed by atoms with van der Waals surface area (Å²) in [7, 11) is -3.09. The zero-order valence-corrected chi connectivity index (χ0v) is 14.2. The molecule has 0 aliphatic carbocycles. The molecule has 0 spiro atoms. The van der Waals surface area contributed by atoms with Crippen LogP contribution in [0.1, 0.15) is 0 Å². The largest absolute Gasteiger partial charge is 0.327 e. The number of nitrogens with zero attached hydrogens (tertiary/aromatic N) is 5. The van der Waals surface area contributed by atoms with Crippen LogP contribution in [0.2, 0.25) is 0 Å². The van der Waals surface area contributed by atoms with Gasteiger partial charge in [-0.2, -0.15) is 13.5 Å². The van der Waals surface area contributed by atoms with Crippen molar-refractivity contribution < 1.29 is 0 Å². The molecule has 1 rings (SSSR count). The van der Waals surface area contributed by atoms with Gasteiger partial charge in [-0.3, -0.25) is 0 Å². The van der Waals surface area contributed by atoms with Crippen LogP contribution < -0.4 is 0 Å². The maximum absolute atomic E-state index is 5.84. The van der Waals surface area contributed by atoms with Crippen LogP contribution in [0.15, 0.2) is 23.1 Å². The number of hydrogen-bond acceptors (Lipinski definition) is 7. The molecule has 0 radical (unpaired) electrons. The zero-order valence-electron chi connectivity index (χ0n) is 6.91. The van der Waals surface area contributed by atoms with E-state index in [9.17, 15) is 0 Å². The Morgan fingerprint density at radius 1 is 0.812 bits per heavy atom. The molecule has 0 fully saturated rings. The molecule has 0 atom stereocenters. The summed E-state index contributed by atoms with van der Waals surface area (Å²) < 4.78 is 19.0. The molecule has 14 heteroatoms. The lowest BCUT2D eigenvalue weighted by Crippen LogP contribution is -1.72. The maximum Gasteiger partial charge on any atom is 0.327 e. The summed E-state index contributed by atoms with van der Waals surface area (Å²) in [4.78, 5) is 0. The van der Waals surface area contributed by atoms with E-state index in [4.69, 9.17) is 45.0 Å². The monoisotopic (exact) mass is 391 g/mol. The predicted molar refractivity (Wildman–Crippen MR) is 81.5 cm³/mol. The quantitative estimate of drug-likeness (QED) is 0.288. The number of hydrogen-bond donors (Lipinski definition) is 0. The van der Waals surface area contributed by atoms with Crippen LogP contribution in [-0.4, -0.2) is 10.3 Å². The molecule has 1 aliphatic rings. The fourth-order valence-corrected chi connectivity index (χ4v) is 15.0. The molecule has 1 aliphatic heterocycles. The third-order valence-electron chi connectivity index (χ3n) is 1.02. The lowest BCUT2D eigenvalue weighted by molar-refractivity contribution is 1.59. The van der Waals surface area contributed by atoms with E-state index in [1.54, 1.807) is 0 Å². The van der Waals surface area contributed by atoms with E-state index in [1.807, 2.05) is 0 Å². The van der Waals surface area contributed by atoms with Crippen molar-refractivity contribution in [3.8, 4) is 0 Å². The molecule has 1 heterocycles. The van der Waals surface area contributed by atoms with Gasteiger partial charge in [0.25, 0.3) is 11.8 Å². The van der Waals surface area contributed by atoms with Crippen LogP contribution >= 0.6 is 88.7 Å². The van der Waals surface area contributed by atoms with Crippen LogP contribution in [0.3, 0.4) is 0 Å². The minimum Gasteiger partial charge on any atom is -0.185 e.